The van der Waals surface area contributed by atoms with Crippen molar-refractivity contribution in [3.8, 4) is 5.69 Å². The van der Waals surface area contributed by atoms with Crippen LogP contribution in [0.1, 0.15) is 18.6 Å². The van der Waals surface area contributed by atoms with Gasteiger partial charge in [0, 0.05) is 4.47 Å². The summed E-state index contributed by atoms with van der Waals surface area (Å²) in [5, 5.41) is 17.9. The fourth-order valence-electron chi connectivity index (χ4n) is 2.00. The van der Waals surface area contributed by atoms with Crippen molar-refractivity contribution in [3.63, 3.8) is 0 Å². The number of fused-ring (bicyclic) bond motifs is 1. The highest BCUT2D eigenvalue weighted by Crippen LogP contribution is 2.26. The number of nitrogens with zero attached hydrogens (tertiary/aromatic N) is 3. The molecule has 0 spiro atoms. The summed E-state index contributed by atoms with van der Waals surface area (Å²) in [7, 11) is 0. The third kappa shape index (κ3) is 2.15. The molecule has 4 nitrogen and oxygen atoms in total. The van der Waals surface area contributed by atoms with Crippen LogP contribution in [-0.4, -0.2) is 20.1 Å². The van der Waals surface area contributed by atoms with Crippen molar-refractivity contribution in [3.05, 3.63) is 52.5 Å². The summed E-state index contributed by atoms with van der Waals surface area (Å²) in [5.74, 6) is 0. The molecule has 1 heterocycles. The standard InChI is InChI=1S/C14H12BrN3O/c1-9(19)10-6-7-13(11(15)8-10)18-14-5-3-2-4-12(14)16-17-18/h2-9,19H,1H3. The Kier molecular flexibility index (Phi) is 3.08. The van der Waals surface area contributed by atoms with Gasteiger partial charge in [-0.3, -0.25) is 0 Å². The zero-order valence-corrected chi connectivity index (χ0v) is 11.9. The van der Waals surface area contributed by atoms with Crippen molar-refractivity contribution in [2.75, 3.05) is 0 Å². The maximum atomic E-state index is 9.59. The Hall–Kier alpha value is -1.72. The fourth-order valence-corrected chi connectivity index (χ4v) is 2.57. The molecule has 0 radical (unpaired) electrons. The van der Waals surface area contributed by atoms with E-state index in [0.717, 1.165) is 26.8 Å². The van der Waals surface area contributed by atoms with Crippen molar-refractivity contribution >= 4 is 27.0 Å². The van der Waals surface area contributed by atoms with Crippen molar-refractivity contribution in [1.29, 1.82) is 0 Å². The largest absolute Gasteiger partial charge is 0.389 e. The number of halogens is 1. The monoisotopic (exact) mass is 317 g/mol. The molecule has 19 heavy (non-hydrogen) atoms. The van der Waals surface area contributed by atoms with Crippen LogP contribution in [0.3, 0.4) is 0 Å². The molecule has 0 aliphatic rings. The lowest BCUT2D eigenvalue weighted by atomic mass is 10.1. The zero-order valence-electron chi connectivity index (χ0n) is 10.3. The summed E-state index contributed by atoms with van der Waals surface area (Å²) in [6.07, 6.45) is -0.488. The van der Waals surface area contributed by atoms with E-state index in [2.05, 4.69) is 26.2 Å². The molecule has 0 saturated heterocycles. The number of hydrogen-bond donors (Lipinski definition) is 1. The van der Waals surface area contributed by atoms with Crippen LogP contribution in [0.2, 0.25) is 0 Å². The number of rotatable bonds is 2. The number of aliphatic hydroxyl groups is 1. The van der Waals surface area contributed by atoms with E-state index in [1.807, 2.05) is 42.5 Å². The quantitative estimate of drug-likeness (QED) is 0.789. The average Bonchev–Trinajstić information content (AvgIpc) is 2.82. The molecule has 1 N–H and O–H groups in total. The number of aliphatic hydroxyl groups excluding tert-OH is 1. The molecule has 1 aromatic heterocycles. The minimum absolute atomic E-state index is 0.488. The molecular weight excluding hydrogens is 306 g/mol. The van der Waals surface area contributed by atoms with Gasteiger partial charge in [-0.05, 0) is 52.7 Å². The van der Waals surface area contributed by atoms with E-state index in [1.165, 1.54) is 0 Å². The van der Waals surface area contributed by atoms with Crippen LogP contribution in [0.25, 0.3) is 16.7 Å². The van der Waals surface area contributed by atoms with E-state index in [9.17, 15) is 5.11 Å². The van der Waals surface area contributed by atoms with Crippen molar-refractivity contribution < 1.29 is 5.11 Å². The zero-order chi connectivity index (χ0) is 13.4. The Morgan fingerprint density at radius 3 is 2.74 bits per heavy atom. The second kappa shape index (κ2) is 4.75. The molecule has 3 rings (SSSR count). The van der Waals surface area contributed by atoms with Gasteiger partial charge in [-0.25, -0.2) is 4.68 Å². The molecule has 0 fully saturated rings. The molecule has 0 aliphatic carbocycles. The Morgan fingerprint density at radius 2 is 2.00 bits per heavy atom. The van der Waals surface area contributed by atoms with Crippen molar-refractivity contribution in [2.24, 2.45) is 0 Å². The molecule has 0 saturated carbocycles. The molecule has 3 aromatic rings. The van der Waals surface area contributed by atoms with Gasteiger partial charge in [0.2, 0.25) is 0 Å². The maximum absolute atomic E-state index is 9.59. The number of aromatic nitrogens is 3. The van der Waals surface area contributed by atoms with E-state index < -0.39 is 6.10 Å². The van der Waals surface area contributed by atoms with Gasteiger partial charge in [-0.2, -0.15) is 0 Å². The Morgan fingerprint density at radius 1 is 1.21 bits per heavy atom. The first-order valence-corrected chi connectivity index (χ1v) is 6.74. The summed E-state index contributed by atoms with van der Waals surface area (Å²) >= 11 is 3.52. The second-order valence-corrected chi connectivity index (χ2v) is 5.23. The molecule has 0 amide bonds. The highest BCUT2D eigenvalue weighted by Gasteiger charge is 2.10. The van der Waals surface area contributed by atoms with E-state index in [1.54, 1.807) is 11.6 Å². The molecule has 0 bridgehead atoms. The first-order valence-electron chi connectivity index (χ1n) is 5.95. The van der Waals surface area contributed by atoms with Gasteiger partial charge in [0.05, 0.1) is 17.3 Å². The summed E-state index contributed by atoms with van der Waals surface area (Å²) in [6.45, 7) is 1.74. The summed E-state index contributed by atoms with van der Waals surface area (Å²) in [4.78, 5) is 0. The Balaban J connectivity index is 2.17. The van der Waals surface area contributed by atoms with E-state index in [4.69, 9.17) is 0 Å². The highest BCUT2D eigenvalue weighted by molar-refractivity contribution is 9.10. The first kappa shape index (κ1) is 12.3. The predicted octanol–water partition coefficient (Wildman–Crippen LogP) is 3.24. The third-order valence-electron chi connectivity index (χ3n) is 3.03. The van der Waals surface area contributed by atoms with Crippen molar-refractivity contribution in [1.82, 2.24) is 15.0 Å². The molecule has 1 atom stereocenters. The molecule has 96 valence electrons. The molecule has 5 heteroatoms. The molecule has 1 unspecified atom stereocenters. The lowest BCUT2D eigenvalue weighted by Gasteiger charge is -2.09. The highest BCUT2D eigenvalue weighted by atomic mass is 79.9. The van der Waals surface area contributed by atoms with Crippen LogP contribution < -0.4 is 0 Å². The maximum Gasteiger partial charge on any atom is 0.113 e. The van der Waals surface area contributed by atoms with Gasteiger partial charge in [0.1, 0.15) is 5.52 Å². The van der Waals surface area contributed by atoms with Gasteiger partial charge in [-0.1, -0.05) is 23.4 Å². The first-order chi connectivity index (χ1) is 9.16. The summed E-state index contributed by atoms with van der Waals surface area (Å²) in [5.41, 5.74) is 3.57. The van der Waals surface area contributed by atoms with Crippen LogP contribution in [0.4, 0.5) is 0 Å². The normalized spacial score (nSPS) is 12.8. The van der Waals surface area contributed by atoms with Crippen molar-refractivity contribution in [2.45, 2.75) is 13.0 Å². The topological polar surface area (TPSA) is 50.9 Å². The number of para-hydroxylation sites is 1. The average molecular weight is 318 g/mol. The summed E-state index contributed by atoms with van der Waals surface area (Å²) in [6, 6.07) is 13.5. The van der Waals surface area contributed by atoms with Crippen LogP contribution in [0, 0.1) is 0 Å². The van der Waals surface area contributed by atoms with Crippen LogP contribution in [0.5, 0.6) is 0 Å². The van der Waals surface area contributed by atoms with Gasteiger partial charge in [0.25, 0.3) is 0 Å². The van der Waals surface area contributed by atoms with Gasteiger partial charge < -0.3 is 5.11 Å². The fraction of sp³-hybridized carbons (Fsp3) is 0.143. The SMILES string of the molecule is CC(O)c1ccc(-n2nnc3ccccc32)c(Br)c1. The molecule has 0 aliphatic heterocycles. The van der Waals surface area contributed by atoms with Crippen LogP contribution in [-0.2, 0) is 0 Å². The molecular formula is C14H12BrN3O. The van der Waals surface area contributed by atoms with E-state index >= 15 is 0 Å². The number of benzene rings is 2. The van der Waals surface area contributed by atoms with E-state index in [-0.39, 0.29) is 0 Å². The van der Waals surface area contributed by atoms with Gasteiger partial charge >= 0.3 is 0 Å². The third-order valence-corrected chi connectivity index (χ3v) is 3.67. The Labute approximate surface area is 118 Å². The van der Waals surface area contributed by atoms with E-state index in [0.29, 0.717) is 0 Å². The predicted molar refractivity (Wildman–Crippen MR) is 77.2 cm³/mol. The van der Waals surface area contributed by atoms with Gasteiger partial charge in [-0.15, -0.1) is 5.10 Å². The lowest BCUT2D eigenvalue weighted by molar-refractivity contribution is 0.199. The van der Waals surface area contributed by atoms with Crippen LogP contribution in [0.15, 0.2) is 46.9 Å². The van der Waals surface area contributed by atoms with Gasteiger partial charge in [0.15, 0.2) is 0 Å². The minimum Gasteiger partial charge on any atom is -0.389 e. The van der Waals surface area contributed by atoms with Crippen LogP contribution >= 0.6 is 15.9 Å². The molecule has 2 aromatic carbocycles. The number of hydrogen-bond acceptors (Lipinski definition) is 3. The summed E-state index contributed by atoms with van der Waals surface area (Å²) < 4.78 is 2.66. The second-order valence-electron chi connectivity index (χ2n) is 4.38. The Bertz CT molecular complexity index is 736. The lowest BCUT2D eigenvalue weighted by Crippen LogP contribution is -1.99. The smallest absolute Gasteiger partial charge is 0.113 e. The minimum atomic E-state index is -0.488.